The number of hydrogen-bond acceptors (Lipinski definition) is 6. The van der Waals surface area contributed by atoms with Crippen molar-refractivity contribution < 1.29 is 27.5 Å². The molecule has 3 aromatic rings. The highest BCUT2D eigenvalue weighted by molar-refractivity contribution is 7.92. The first kappa shape index (κ1) is 34.7. The van der Waals surface area contributed by atoms with Gasteiger partial charge < -0.3 is 19.7 Å². The first-order chi connectivity index (χ1) is 21.4. The highest BCUT2D eigenvalue weighted by atomic mass is 35.5. The molecule has 0 aliphatic heterocycles. The fraction of sp³-hybridized carbons (Fsp3) is 0.375. The lowest BCUT2D eigenvalue weighted by Gasteiger charge is -2.33. The molecule has 4 rings (SSSR count). The summed E-state index contributed by atoms with van der Waals surface area (Å²) in [5.74, 6) is -0.408. The Morgan fingerprint density at radius 2 is 1.53 bits per heavy atom. The summed E-state index contributed by atoms with van der Waals surface area (Å²) in [6.45, 7) is 0.943. The molecule has 1 fully saturated rings. The van der Waals surface area contributed by atoms with E-state index in [4.69, 9.17) is 44.3 Å². The second-order valence-corrected chi connectivity index (χ2v) is 13.9. The Labute approximate surface area is 279 Å². The number of nitrogens with one attached hydrogen (secondary N) is 1. The van der Waals surface area contributed by atoms with Crippen LogP contribution in [-0.4, -0.2) is 58.0 Å². The average molecular weight is 697 g/mol. The van der Waals surface area contributed by atoms with E-state index in [0.717, 1.165) is 36.4 Å². The van der Waals surface area contributed by atoms with Gasteiger partial charge in [0.15, 0.2) is 11.5 Å². The molecule has 1 atom stereocenters. The van der Waals surface area contributed by atoms with Gasteiger partial charge in [-0.05, 0) is 73.9 Å². The van der Waals surface area contributed by atoms with E-state index in [2.05, 4.69) is 5.32 Å². The number of halogens is 3. The van der Waals surface area contributed by atoms with Gasteiger partial charge in [-0.15, -0.1) is 0 Å². The first-order valence-corrected chi connectivity index (χ1v) is 17.1. The van der Waals surface area contributed by atoms with Crippen molar-refractivity contribution in [3.63, 3.8) is 0 Å². The van der Waals surface area contributed by atoms with E-state index in [0.29, 0.717) is 26.4 Å². The Kier molecular flexibility index (Phi) is 11.9. The smallest absolute Gasteiger partial charge is 0.264 e. The average Bonchev–Trinajstić information content (AvgIpc) is 3.03. The Balaban J connectivity index is 1.72. The lowest BCUT2D eigenvalue weighted by atomic mass is 9.95. The molecule has 1 saturated carbocycles. The Morgan fingerprint density at radius 1 is 0.889 bits per heavy atom. The number of amides is 2. The summed E-state index contributed by atoms with van der Waals surface area (Å²) in [6, 6.07) is 14.2. The summed E-state index contributed by atoms with van der Waals surface area (Å²) < 4.78 is 39.9. The standard InChI is InChI=1S/C32H36Cl3N3O6S/c1-21(32(40)36-25-7-5-4-6-8-25)37(19-22-9-10-24(34)17-28(22)35)31(39)20-38(26-13-11-23(33)12-14-26)45(41,42)27-15-16-29(43-2)30(18-27)44-3/h9-18,21,25H,4-8,19-20H2,1-3H3,(H,36,40)/t21-/m0/s1. The summed E-state index contributed by atoms with van der Waals surface area (Å²) in [7, 11) is -1.51. The van der Waals surface area contributed by atoms with E-state index in [1.54, 1.807) is 25.1 Å². The lowest BCUT2D eigenvalue weighted by molar-refractivity contribution is -0.139. The number of sulfonamides is 1. The van der Waals surface area contributed by atoms with E-state index in [1.165, 1.54) is 61.6 Å². The maximum atomic E-state index is 14.2. The molecule has 1 aliphatic rings. The molecule has 2 amide bonds. The van der Waals surface area contributed by atoms with Crippen LogP contribution in [0.5, 0.6) is 11.5 Å². The van der Waals surface area contributed by atoms with Crippen molar-refractivity contribution in [3.8, 4) is 11.5 Å². The largest absolute Gasteiger partial charge is 0.493 e. The first-order valence-electron chi connectivity index (χ1n) is 14.5. The molecular weight excluding hydrogens is 661 g/mol. The van der Waals surface area contributed by atoms with Crippen molar-refractivity contribution in [2.45, 2.75) is 62.6 Å². The molecule has 0 heterocycles. The molecule has 0 spiro atoms. The van der Waals surface area contributed by atoms with Gasteiger partial charge >= 0.3 is 0 Å². The van der Waals surface area contributed by atoms with Crippen LogP contribution >= 0.6 is 34.8 Å². The Bertz CT molecular complexity index is 1610. The van der Waals surface area contributed by atoms with Crippen LogP contribution < -0.4 is 19.1 Å². The maximum Gasteiger partial charge on any atom is 0.264 e. The van der Waals surface area contributed by atoms with Crippen LogP contribution in [0.25, 0.3) is 0 Å². The molecule has 0 bridgehead atoms. The molecule has 0 radical (unpaired) electrons. The number of carbonyl (C=O) groups is 2. The zero-order valence-electron chi connectivity index (χ0n) is 25.3. The topological polar surface area (TPSA) is 105 Å². The van der Waals surface area contributed by atoms with Crippen LogP contribution in [-0.2, 0) is 26.2 Å². The van der Waals surface area contributed by atoms with Gasteiger partial charge in [0, 0.05) is 33.7 Å². The minimum Gasteiger partial charge on any atom is -0.493 e. The van der Waals surface area contributed by atoms with E-state index in [9.17, 15) is 18.0 Å². The van der Waals surface area contributed by atoms with Gasteiger partial charge in [0.25, 0.3) is 10.0 Å². The highest BCUT2D eigenvalue weighted by Gasteiger charge is 2.34. The van der Waals surface area contributed by atoms with E-state index >= 15 is 0 Å². The van der Waals surface area contributed by atoms with Crippen LogP contribution in [0.1, 0.15) is 44.6 Å². The van der Waals surface area contributed by atoms with E-state index in [1.807, 2.05) is 0 Å². The predicted octanol–water partition coefficient (Wildman–Crippen LogP) is 6.73. The highest BCUT2D eigenvalue weighted by Crippen LogP contribution is 2.33. The molecule has 3 aromatic carbocycles. The normalized spacial score (nSPS) is 14.4. The fourth-order valence-electron chi connectivity index (χ4n) is 5.23. The number of ether oxygens (including phenoxy) is 2. The molecule has 242 valence electrons. The molecular formula is C32H36Cl3N3O6S. The monoisotopic (exact) mass is 695 g/mol. The summed E-state index contributed by atoms with van der Waals surface area (Å²) in [5.41, 5.74) is 0.749. The third-order valence-electron chi connectivity index (χ3n) is 7.81. The Hall–Kier alpha value is -3.18. The maximum absolute atomic E-state index is 14.2. The number of rotatable bonds is 12. The number of hydrogen-bond donors (Lipinski definition) is 1. The molecule has 13 heteroatoms. The van der Waals surface area contributed by atoms with E-state index < -0.39 is 28.5 Å². The van der Waals surface area contributed by atoms with Crippen LogP contribution in [0.2, 0.25) is 15.1 Å². The SMILES string of the molecule is COc1ccc(S(=O)(=O)N(CC(=O)N(Cc2ccc(Cl)cc2Cl)[C@@H](C)C(=O)NC2CCCCC2)c2ccc(Cl)cc2)cc1OC. The fourth-order valence-corrected chi connectivity index (χ4v) is 7.25. The van der Waals surface area contributed by atoms with Gasteiger partial charge in [-0.1, -0.05) is 60.1 Å². The van der Waals surface area contributed by atoms with Crippen LogP contribution in [0.4, 0.5) is 5.69 Å². The summed E-state index contributed by atoms with van der Waals surface area (Å²) in [5, 5.41) is 4.19. The van der Waals surface area contributed by atoms with Gasteiger partial charge in [-0.25, -0.2) is 8.42 Å². The molecule has 1 N–H and O–H groups in total. The predicted molar refractivity (Wildman–Crippen MR) is 177 cm³/mol. The number of anilines is 1. The molecule has 0 unspecified atom stereocenters. The second kappa shape index (κ2) is 15.4. The molecule has 45 heavy (non-hydrogen) atoms. The number of methoxy groups -OCH3 is 2. The number of nitrogens with zero attached hydrogens (tertiary/aromatic N) is 2. The Morgan fingerprint density at radius 3 is 2.16 bits per heavy atom. The molecule has 0 saturated heterocycles. The third-order valence-corrected chi connectivity index (χ3v) is 10.4. The summed E-state index contributed by atoms with van der Waals surface area (Å²) in [6.07, 6.45) is 4.89. The number of benzene rings is 3. The quantitative estimate of drug-likeness (QED) is 0.225. The molecule has 9 nitrogen and oxygen atoms in total. The third kappa shape index (κ3) is 8.55. The second-order valence-electron chi connectivity index (χ2n) is 10.8. The minimum atomic E-state index is -4.35. The van der Waals surface area contributed by atoms with Crippen molar-refractivity contribution in [3.05, 3.63) is 81.3 Å². The zero-order valence-corrected chi connectivity index (χ0v) is 28.3. The van der Waals surface area contributed by atoms with Gasteiger partial charge in [0.05, 0.1) is 24.8 Å². The molecule has 0 aromatic heterocycles. The van der Waals surface area contributed by atoms with Gasteiger partial charge in [0.2, 0.25) is 11.8 Å². The van der Waals surface area contributed by atoms with Gasteiger partial charge in [0.1, 0.15) is 12.6 Å². The van der Waals surface area contributed by atoms with Gasteiger partial charge in [-0.3, -0.25) is 13.9 Å². The van der Waals surface area contributed by atoms with Crippen molar-refractivity contribution in [2.75, 3.05) is 25.1 Å². The summed E-state index contributed by atoms with van der Waals surface area (Å²) in [4.78, 5) is 28.9. The van der Waals surface area contributed by atoms with Crippen LogP contribution in [0.15, 0.2) is 65.6 Å². The van der Waals surface area contributed by atoms with Crippen molar-refractivity contribution in [2.24, 2.45) is 0 Å². The van der Waals surface area contributed by atoms with Crippen LogP contribution in [0.3, 0.4) is 0 Å². The van der Waals surface area contributed by atoms with Crippen molar-refractivity contribution >= 4 is 62.3 Å². The molecule has 1 aliphatic carbocycles. The van der Waals surface area contributed by atoms with Crippen molar-refractivity contribution in [1.82, 2.24) is 10.2 Å². The zero-order chi connectivity index (χ0) is 32.7. The van der Waals surface area contributed by atoms with Crippen molar-refractivity contribution in [1.29, 1.82) is 0 Å². The minimum absolute atomic E-state index is 0.0146. The lowest BCUT2D eigenvalue weighted by Crippen LogP contribution is -2.53. The number of carbonyl (C=O) groups excluding carboxylic acids is 2. The van der Waals surface area contributed by atoms with E-state index in [-0.39, 0.29) is 34.8 Å². The van der Waals surface area contributed by atoms with Crippen LogP contribution in [0, 0.1) is 0 Å². The summed E-state index contributed by atoms with van der Waals surface area (Å²) >= 11 is 18.7. The van der Waals surface area contributed by atoms with Gasteiger partial charge in [-0.2, -0.15) is 0 Å².